The van der Waals surface area contributed by atoms with Gasteiger partial charge in [-0.3, -0.25) is 9.59 Å². The van der Waals surface area contributed by atoms with E-state index < -0.39 is 17.8 Å². The molecule has 0 aliphatic carbocycles. The molecule has 7 heteroatoms. The summed E-state index contributed by atoms with van der Waals surface area (Å²) in [6.07, 6.45) is 2.78. The van der Waals surface area contributed by atoms with E-state index in [9.17, 15) is 14.4 Å². The molecule has 1 aliphatic heterocycles. The van der Waals surface area contributed by atoms with E-state index in [1.54, 1.807) is 12.1 Å². The minimum Gasteiger partial charge on any atom is -0.324 e. The van der Waals surface area contributed by atoms with Gasteiger partial charge in [0, 0.05) is 6.20 Å². The van der Waals surface area contributed by atoms with Crippen molar-refractivity contribution in [2.24, 2.45) is 0 Å². The van der Waals surface area contributed by atoms with E-state index in [-0.39, 0.29) is 16.7 Å². The zero-order chi connectivity index (χ0) is 17.4. The van der Waals surface area contributed by atoms with Gasteiger partial charge in [-0.25, -0.2) is 9.48 Å². The topological polar surface area (TPSA) is 81.5 Å². The van der Waals surface area contributed by atoms with Gasteiger partial charge in [0.1, 0.15) is 5.56 Å². The number of hydrogen-bond acceptors (Lipinski definition) is 5. The first-order valence-electron chi connectivity index (χ1n) is 7.45. The van der Waals surface area contributed by atoms with Crippen LogP contribution in [0.1, 0.15) is 31.1 Å². The van der Waals surface area contributed by atoms with E-state index in [0.717, 1.165) is 5.69 Å². The van der Waals surface area contributed by atoms with E-state index in [2.05, 4.69) is 5.10 Å². The van der Waals surface area contributed by atoms with Gasteiger partial charge in [-0.1, -0.05) is 35.4 Å². The lowest BCUT2D eigenvalue weighted by Gasteiger charge is -2.11. The number of para-hydroxylation sites is 1. The molecule has 0 bridgehead atoms. The molecule has 1 aliphatic rings. The van der Waals surface area contributed by atoms with Crippen molar-refractivity contribution in [3.8, 4) is 5.69 Å². The molecule has 0 radical (unpaired) electrons. The van der Waals surface area contributed by atoms with Crippen LogP contribution in [-0.4, -0.2) is 32.6 Å². The minimum atomic E-state index is -0.836. The maximum Gasteiger partial charge on any atom is 0.367 e. The molecule has 25 heavy (non-hydrogen) atoms. The smallest absolute Gasteiger partial charge is 0.324 e. The van der Waals surface area contributed by atoms with Crippen LogP contribution < -0.4 is 0 Å². The highest BCUT2D eigenvalue weighted by atomic mass is 16.7. The highest BCUT2D eigenvalue weighted by Gasteiger charge is 2.38. The van der Waals surface area contributed by atoms with Crippen LogP contribution in [0.3, 0.4) is 0 Å². The fourth-order valence-electron chi connectivity index (χ4n) is 2.54. The number of aromatic nitrogens is 2. The molecule has 2 aromatic carbocycles. The van der Waals surface area contributed by atoms with Gasteiger partial charge in [0.2, 0.25) is 0 Å². The van der Waals surface area contributed by atoms with Crippen molar-refractivity contribution >= 4 is 17.8 Å². The summed E-state index contributed by atoms with van der Waals surface area (Å²) < 4.78 is 1.50. The Kier molecular flexibility index (Phi) is 3.39. The van der Waals surface area contributed by atoms with Gasteiger partial charge in [0.15, 0.2) is 0 Å². The number of benzene rings is 2. The number of rotatable bonds is 3. The zero-order valence-electron chi connectivity index (χ0n) is 12.8. The monoisotopic (exact) mass is 333 g/mol. The molecule has 0 unspecified atom stereocenters. The Morgan fingerprint density at radius 3 is 2.12 bits per heavy atom. The Balaban J connectivity index is 1.55. The molecule has 4 rings (SSSR count). The lowest BCUT2D eigenvalue weighted by molar-refractivity contribution is -0.0584. The molecule has 0 saturated carbocycles. The summed E-state index contributed by atoms with van der Waals surface area (Å²) in [6, 6.07) is 15.5. The number of amides is 2. The van der Waals surface area contributed by atoms with E-state index in [1.165, 1.54) is 29.2 Å². The summed E-state index contributed by atoms with van der Waals surface area (Å²) >= 11 is 0. The van der Waals surface area contributed by atoms with E-state index in [0.29, 0.717) is 5.06 Å². The Morgan fingerprint density at radius 2 is 1.48 bits per heavy atom. The lowest BCUT2D eigenvalue weighted by atomic mass is 10.1. The SMILES string of the molecule is O=C(ON1C(=O)c2ccccc2C1=O)c1cnn(-c2ccccc2)c1. The third-order valence-corrected chi connectivity index (χ3v) is 3.77. The van der Waals surface area contributed by atoms with Crippen molar-refractivity contribution in [3.63, 3.8) is 0 Å². The highest BCUT2D eigenvalue weighted by molar-refractivity contribution is 6.21. The number of hydroxylamine groups is 2. The van der Waals surface area contributed by atoms with Gasteiger partial charge in [-0.15, -0.1) is 0 Å². The fraction of sp³-hybridized carbons (Fsp3) is 0. The summed E-state index contributed by atoms with van der Waals surface area (Å²) in [5, 5.41) is 4.57. The third-order valence-electron chi connectivity index (χ3n) is 3.77. The summed E-state index contributed by atoms with van der Waals surface area (Å²) in [4.78, 5) is 41.7. The highest BCUT2D eigenvalue weighted by Crippen LogP contribution is 2.23. The van der Waals surface area contributed by atoms with Crippen molar-refractivity contribution in [1.29, 1.82) is 0 Å². The summed E-state index contributed by atoms with van der Waals surface area (Å²) in [6.45, 7) is 0. The molecule has 1 aromatic heterocycles. The van der Waals surface area contributed by atoms with Gasteiger partial charge >= 0.3 is 5.97 Å². The molecule has 0 spiro atoms. The van der Waals surface area contributed by atoms with Crippen LogP contribution >= 0.6 is 0 Å². The summed E-state index contributed by atoms with van der Waals surface area (Å²) in [5.41, 5.74) is 1.31. The number of hydrogen-bond donors (Lipinski definition) is 0. The fourth-order valence-corrected chi connectivity index (χ4v) is 2.54. The average Bonchev–Trinajstić information content (AvgIpc) is 3.23. The van der Waals surface area contributed by atoms with Gasteiger partial charge in [-0.2, -0.15) is 5.10 Å². The predicted octanol–water partition coefficient (Wildman–Crippen LogP) is 2.24. The number of carbonyl (C=O) groups is 3. The van der Waals surface area contributed by atoms with Crippen LogP contribution in [0.2, 0.25) is 0 Å². The predicted molar refractivity (Wildman–Crippen MR) is 85.9 cm³/mol. The van der Waals surface area contributed by atoms with Gasteiger partial charge in [0.25, 0.3) is 11.8 Å². The number of fused-ring (bicyclic) bond motifs is 1. The summed E-state index contributed by atoms with van der Waals surface area (Å²) in [7, 11) is 0. The van der Waals surface area contributed by atoms with E-state index in [4.69, 9.17) is 4.84 Å². The molecule has 0 atom stereocenters. The van der Waals surface area contributed by atoms with Crippen molar-refractivity contribution in [2.45, 2.75) is 0 Å². The normalized spacial score (nSPS) is 13.0. The maximum atomic E-state index is 12.3. The molecule has 0 saturated heterocycles. The van der Waals surface area contributed by atoms with Crippen LogP contribution in [0.25, 0.3) is 5.69 Å². The number of carbonyl (C=O) groups excluding carboxylic acids is 3. The number of nitrogens with zero attached hydrogens (tertiary/aromatic N) is 3. The lowest BCUT2D eigenvalue weighted by Crippen LogP contribution is -2.32. The minimum absolute atomic E-state index is 0.125. The van der Waals surface area contributed by atoms with Crippen molar-refractivity contribution < 1.29 is 19.2 Å². The van der Waals surface area contributed by atoms with Crippen LogP contribution in [-0.2, 0) is 4.84 Å². The average molecular weight is 333 g/mol. The Labute approximate surface area is 142 Å². The van der Waals surface area contributed by atoms with Crippen molar-refractivity contribution in [1.82, 2.24) is 14.8 Å². The first-order chi connectivity index (χ1) is 12.1. The van der Waals surface area contributed by atoms with E-state index >= 15 is 0 Å². The molecule has 0 N–H and O–H groups in total. The molecular formula is C18H11N3O4. The van der Waals surface area contributed by atoms with Crippen LogP contribution in [0, 0.1) is 0 Å². The van der Waals surface area contributed by atoms with Crippen LogP contribution in [0.4, 0.5) is 0 Å². The molecule has 2 heterocycles. The van der Waals surface area contributed by atoms with E-state index in [1.807, 2.05) is 30.3 Å². The first-order valence-corrected chi connectivity index (χ1v) is 7.45. The second-order valence-electron chi connectivity index (χ2n) is 5.34. The first kappa shape index (κ1) is 14.8. The standard InChI is InChI=1S/C18H11N3O4/c22-16-14-8-4-5-9-15(14)17(23)21(16)25-18(24)12-10-19-20(11-12)13-6-2-1-3-7-13/h1-11H. The van der Waals surface area contributed by atoms with Crippen molar-refractivity contribution in [3.05, 3.63) is 83.7 Å². The molecule has 7 nitrogen and oxygen atoms in total. The molecule has 3 aromatic rings. The second kappa shape index (κ2) is 5.72. The van der Waals surface area contributed by atoms with Gasteiger partial charge in [0.05, 0.1) is 23.0 Å². The molecule has 122 valence electrons. The van der Waals surface area contributed by atoms with Crippen molar-refractivity contribution in [2.75, 3.05) is 0 Å². The Morgan fingerprint density at radius 1 is 0.880 bits per heavy atom. The quantitative estimate of drug-likeness (QED) is 0.687. The molecular weight excluding hydrogens is 322 g/mol. The summed E-state index contributed by atoms with van der Waals surface area (Å²) in [5.74, 6) is -2.16. The van der Waals surface area contributed by atoms with Gasteiger partial charge in [-0.05, 0) is 24.3 Å². The molecule has 0 fully saturated rings. The zero-order valence-corrected chi connectivity index (χ0v) is 12.8. The Bertz CT molecular complexity index is 959. The second-order valence-corrected chi connectivity index (χ2v) is 5.34. The Hall–Kier alpha value is -3.74. The van der Waals surface area contributed by atoms with Crippen LogP contribution in [0.15, 0.2) is 67.0 Å². The maximum absolute atomic E-state index is 12.3. The number of imide groups is 1. The van der Waals surface area contributed by atoms with Crippen LogP contribution in [0.5, 0.6) is 0 Å². The van der Waals surface area contributed by atoms with Gasteiger partial charge < -0.3 is 4.84 Å². The third kappa shape index (κ3) is 2.47. The molecule has 2 amide bonds. The largest absolute Gasteiger partial charge is 0.367 e.